The zero-order chi connectivity index (χ0) is 25.9. The third-order valence-electron chi connectivity index (χ3n) is 5.77. The van der Waals surface area contributed by atoms with Crippen molar-refractivity contribution in [1.82, 2.24) is 19.9 Å². The van der Waals surface area contributed by atoms with Crippen LogP contribution in [0.1, 0.15) is 15.2 Å². The zero-order valence-corrected chi connectivity index (χ0v) is 20.8. The van der Waals surface area contributed by atoms with E-state index in [0.717, 1.165) is 32.6 Å². The summed E-state index contributed by atoms with van der Waals surface area (Å²) in [5, 5.41) is 2.87. The van der Waals surface area contributed by atoms with Crippen molar-refractivity contribution >= 4 is 27.5 Å². The topological polar surface area (TPSA) is 115 Å². The van der Waals surface area contributed by atoms with Crippen LogP contribution < -0.4 is 26.0 Å². The van der Waals surface area contributed by atoms with Crippen LogP contribution in [0.25, 0.3) is 27.2 Å². The fourth-order valence-electron chi connectivity index (χ4n) is 3.89. The molecule has 3 heterocycles. The first-order valence-corrected chi connectivity index (χ1v) is 12.1. The largest absolute Gasteiger partial charge is 0.491 e. The van der Waals surface area contributed by atoms with E-state index in [2.05, 4.69) is 15.3 Å². The van der Waals surface area contributed by atoms with Crippen molar-refractivity contribution in [3.8, 4) is 28.6 Å². The molecule has 5 aromatic rings. The molecule has 0 fully saturated rings. The minimum atomic E-state index is -0.680. The second-order valence-electron chi connectivity index (χ2n) is 8.05. The molecule has 5 rings (SSSR count). The smallest absolute Gasteiger partial charge is 0.334 e. The number of amides is 1. The Morgan fingerprint density at radius 1 is 0.973 bits per heavy atom. The third kappa shape index (κ3) is 4.74. The van der Waals surface area contributed by atoms with Crippen LogP contribution in [0.15, 0.2) is 82.4 Å². The summed E-state index contributed by atoms with van der Waals surface area (Å²) in [6.45, 7) is 0.318. The average Bonchev–Trinajstić information content (AvgIpc) is 3.37. The number of ether oxygens (including phenoxy) is 2. The lowest BCUT2D eigenvalue weighted by Crippen LogP contribution is -2.33. The highest BCUT2D eigenvalue weighted by atomic mass is 32.1. The highest BCUT2D eigenvalue weighted by molar-refractivity contribution is 7.20. The molecule has 0 aliphatic rings. The van der Waals surface area contributed by atoms with Gasteiger partial charge in [0.15, 0.2) is 5.75 Å². The Balaban J connectivity index is 1.37. The average molecular weight is 515 g/mol. The van der Waals surface area contributed by atoms with Crippen LogP contribution in [0.5, 0.6) is 11.6 Å². The molecule has 0 atom stereocenters. The van der Waals surface area contributed by atoms with E-state index in [1.807, 2.05) is 54.6 Å². The standard InChI is InChI=1S/C27H22N4O5S/c1-35-20-12-13-22(30-25(20)36-2)31-26(33)23-19(29-27(31)34)14-21(37-23)24(32)28-15-16-8-10-18(11-9-16)17-6-4-3-5-7-17/h3-14H,15H2,1-2H3,(H,28,32)(H,29,34). The summed E-state index contributed by atoms with van der Waals surface area (Å²) in [5.74, 6) is 0.226. The van der Waals surface area contributed by atoms with Gasteiger partial charge in [-0.1, -0.05) is 54.6 Å². The van der Waals surface area contributed by atoms with Gasteiger partial charge in [0.25, 0.3) is 17.3 Å². The van der Waals surface area contributed by atoms with Crippen molar-refractivity contribution in [2.45, 2.75) is 6.54 Å². The van der Waals surface area contributed by atoms with Crippen molar-refractivity contribution in [3.63, 3.8) is 0 Å². The summed E-state index contributed by atoms with van der Waals surface area (Å²) in [6.07, 6.45) is 0. The molecule has 1 amide bonds. The Bertz CT molecular complexity index is 1710. The number of rotatable bonds is 7. The fraction of sp³-hybridized carbons (Fsp3) is 0.111. The summed E-state index contributed by atoms with van der Waals surface area (Å²) >= 11 is 1.00. The zero-order valence-electron chi connectivity index (χ0n) is 20.0. The van der Waals surface area contributed by atoms with Gasteiger partial charge in [0, 0.05) is 6.54 Å². The Labute approximate surface area is 215 Å². The van der Waals surface area contributed by atoms with Gasteiger partial charge in [-0.05, 0) is 34.9 Å². The molecule has 0 unspecified atom stereocenters. The molecule has 0 saturated carbocycles. The summed E-state index contributed by atoms with van der Waals surface area (Å²) in [7, 11) is 2.87. The minimum absolute atomic E-state index is 0.0733. The predicted molar refractivity (Wildman–Crippen MR) is 142 cm³/mol. The van der Waals surface area contributed by atoms with Crippen molar-refractivity contribution in [1.29, 1.82) is 0 Å². The minimum Gasteiger partial charge on any atom is -0.491 e. The fourth-order valence-corrected chi connectivity index (χ4v) is 4.85. The Kier molecular flexibility index (Phi) is 6.57. The van der Waals surface area contributed by atoms with Gasteiger partial charge in [-0.3, -0.25) is 9.59 Å². The number of carbonyl (C=O) groups excluding carboxylic acids is 1. The SMILES string of the molecule is COc1ccc(-n2c(=O)[nH]c3cc(C(=O)NCc4ccc(-c5ccccc5)cc4)sc3c2=O)nc1OC. The van der Waals surface area contributed by atoms with Gasteiger partial charge in [0.05, 0.1) is 24.6 Å². The normalized spacial score (nSPS) is 10.9. The van der Waals surface area contributed by atoms with Crippen molar-refractivity contribution < 1.29 is 14.3 Å². The van der Waals surface area contributed by atoms with Gasteiger partial charge in [0.2, 0.25) is 0 Å². The third-order valence-corrected chi connectivity index (χ3v) is 6.89. The van der Waals surface area contributed by atoms with Gasteiger partial charge in [-0.15, -0.1) is 11.3 Å². The lowest BCUT2D eigenvalue weighted by molar-refractivity contribution is 0.0955. The molecule has 3 aromatic heterocycles. The number of fused-ring (bicyclic) bond motifs is 1. The van der Waals surface area contributed by atoms with E-state index in [1.54, 1.807) is 6.07 Å². The first kappa shape index (κ1) is 24.0. The second-order valence-corrected chi connectivity index (χ2v) is 9.10. The molecular weight excluding hydrogens is 492 g/mol. The number of pyridine rings is 1. The number of thiophene rings is 1. The van der Waals surface area contributed by atoms with E-state index < -0.39 is 11.2 Å². The number of carbonyl (C=O) groups is 1. The first-order chi connectivity index (χ1) is 18.0. The van der Waals surface area contributed by atoms with Crippen molar-refractivity contribution in [3.05, 3.63) is 104 Å². The van der Waals surface area contributed by atoms with Gasteiger partial charge < -0.3 is 19.8 Å². The molecule has 0 saturated heterocycles. The molecule has 9 nitrogen and oxygen atoms in total. The number of nitrogens with zero attached hydrogens (tertiary/aromatic N) is 2. The molecule has 0 bridgehead atoms. The Morgan fingerprint density at radius 2 is 1.70 bits per heavy atom. The molecule has 0 aliphatic heterocycles. The van der Waals surface area contributed by atoms with E-state index in [4.69, 9.17) is 9.47 Å². The van der Waals surface area contributed by atoms with Gasteiger partial charge in [-0.2, -0.15) is 4.98 Å². The number of aromatic nitrogens is 3. The molecule has 2 N–H and O–H groups in total. The van der Waals surface area contributed by atoms with Crippen LogP contribution in [0.3, 0.4) is 0 Å². The molecule has 186 valence electrons. The molecule has 37 heavy (non-hydrogen) atoms. The molecule has 0 aliphatic carbocycles. The highest BCUT2D eigenvalue weighted by Gasteiger charge is 2.18. The Morgan fingerprint density at radius 3 is 2.41 bits per heavy atom. The Hall–Kier alpha value is -4.70. The number of methoxy groups -OCH3 is 2. The second kappa shape index (κ2) is 10.1. The number of nitrogens with one attached hydrogen (secondary N) is 2. The molecule has 10 heteroatoms. The van der Waals surface area contributed by atoms with E-state index in [-0.39, 0.29) is 27.8 Å². The summed E-state index contributed by atoms with van der Waals surface area (Å²) < 4.78 is 11.5. The van der Waals surface area contributed by atoms with Crippen molar-refractivity contribution in [2.75, 3.05) is 14.2 Å². The number of H-pyrrole nitrogens is 1. The molecule has 0 radical (unpaired) electrons. The lowest BCUT2D eigenvalue weighted by atomic mass is 10.0. The number of aromatic amines is 1. The predicted octanol–water partition coefficient (Wildman–Crippen LogP) is 3.75. The summed E-state index contributed by atoms with van der Waals surface area (Å²) in [6, 6.07) is 22.5. The first-order valence-electron chi connectivity index (χ1n) is 11.3. The van der Waals surface area contributed by atoms with Crippen LogP contribution in [-0.4, -0.2) is 34.7 Å². The van der Waals surface area contributed by atoms with Crippen LogP contribution in [0.4, 0.5) is 0 Å². The van der Waals surface area contributed by atoms with E-state index in [0.29, 0.717) is 17.2 Å². The van der Waals surface area contributed by atoms with Crippen LogP contribution >= 0.6 is 11.3 Å². The van der Waals surface area contributed by atoms with Gasteiger partial charge in [0.1, 0.15) is 10.5 Å². The summed E-state index contributed by atoms with van der Waals surface area (Å²) in [4.78, 5) is 45.9. The van der Waals surface area contributed by atoms with Crippen molar-refractivity contribution in [2.24, 2.45) is 0 Å². The number of hydrogen-bond acceptors (Lipinski definition) is 7. The van der Waals surface area contributed by atoms with E-state index in [1.165, 1.54) is 26.4 Å². The maximum atomic E-state index is 13.2. The maximum Gasteiger partial charge on any atom is 0.334 e. The molecule has 2 aromatic carbocycles. The van der Waals surface area contributed by atoms with Gasteiger partial charge >= 0.3 is 5.69 Å². The number of hydrogen-bond donors (Lipinski definition) is 2. The van der Waals surface area contributed by atoms with E-state index >= 15 is 0 Å². The van der Waals surface area contributed by atoms with Gasteiger partial charge in [-0.25, -0.2) is 9.36 Å². The maximum absolute atomic E-state index is 13.2. The molecule has 0 spiro atoms. The van der Waals surface area contributed by atoms with Crippen LogP contribution in [-0.2, 0) is 6.54 Å². The summed E-state index contributed by atoms with van der Waals surface area (Å²) in [5.41, 5.74) is 2.16. The lowest BCUT2D eigenvalue weighted by Gasteiger charge is -2.09. The van der Waals surface area contributed by atoms with E-state index in [9.17, 15) is 14.4 Å². The number of benzene rings is 2. The quantitative estimate of drug-likeness (QED) is 0.342. The van der Waals surface area contributed by atoms with Crippen LogP contribution in [0, 0.1) is 0 Å². The monoisotopic (exact) mass is 514 g/mol. The van der Waals surface area contributed by atoms with Crippen LogP contribution in [0.2, 0.25) is 0 Å². The molecular formula is C27H22N4O5S. The highest BCUT2D eigenvalue weighted by Crippen LogP contribution is 2.25.